The van der Waals surface area contributed by atoms with Crippen molar-refractivity contribution in [3.8, 4) is 0 Å². The molecule has 0 radical (unpaired) electrons. The summed E-state index contributed by atoms with van der Waals surface area (Å²) in [5.74, 6) is 0.796. The first-order valence-electron chi connectivity index (χ1n) is 8.81. The minimum Gasteiger partial charge on any atom is -0.392 e. The van der Waals surface area contributed by atoms with E-state index in [9.17, 15) is 5.11 Å². The zero-order valence-electron chi connectivity index (χ0n) is 13.6. The molecule has 2 unspecified atom stereocenters. The number of benzene rings is 2. The van der Waals surface area contributed by atoms with E-state index in [1.54, 1.807) is 11.1 Å². The van der Waals surface area contributed by atoms with Gasteiger partial charge in [-0.05, 0) is 53.9 Å². The largest absolute Gasteiger partial charge is 0.392 e. The predicted octanol–water partition coefficient (Wildman–Crippen LogP) is 3.56. The first kappa shape index (κ1) is 14.9. The van der Waals surface area contributed by atoms with E-state index >= 15 is 0 Å². The Morgan fingerprint density at radius 2 is 1.57 bits per heavy atom. The molecule has 1 aliphatic carbocycles. The predicted molar refractivity (Wildman–Crippen MR) is 93.1 cm³/mol. The van der Waals surface area contributed by atoms with E-state index in [-0.39, 0.29) is 6.61 Å². The molecule has 2 bridgehead atoms. The molecule has 3 aliphatic rings. The summed E-state index contributed by atoms with van der Waals surface area (Å²) in [6, 6.07) is 18.1. The maximum Gasteiger partial charge on any atom is 0.0681 e. The molecule has 5 rings (SSSR count). The first-order valence-corrected chi connectivity index (χ1v) is 8.81. The molecule has 120 valence electrons. The summed E-state index contributed by atoms with van der Waals surface area (Å²) in [5, 5.41) is 9.19. The van der Waals surface area contributed by atoms with E-state index in [4.69, 9.17) is 0 Å². The molecular formula is C21H25NO. The molecule has 0 amide bonds. The van der Waals surface area contributed by atoms with E-state index in [2.05, 4.69) is 41.3 Å². The molecule has 1 N–H and O–H groups in total. The van der Waals surface area contributed by atoms with Gasteiger partial charge in [-0.3, -0.25) is 4.90 Å². The third kappa shape index (κ3) is 3.19. The first-order chi connectivity index (χ1) is 11.3. The van der Waals surface area contributed by atoms with Crippen molar-refractivity contribution in [3.63, 3.8) is 0 Å². The summed E-state index contributed by atoms with van der Waals surface area (Å²) in [6.45, 7) is 2.39. The van der Waals surface area contributed by atoms with Crippen molar-refractivity contribution in [2.24, 2.45) is 5.92 Å². The molecule has 0 saturated carbocycles. The van der Waals surface area contributed by atoms with Crippen LogP contribution in [0.1, 0.15) is 35.1 Å². The van der Waals surface area contributed by atoms with E-state index < -0.39 is 0 Å². The van der Waals surface area contributed by atoms with E-state index in [0.717, 1.165) is 18.0 Å². The van der Waals surface area contributed by atoms with Crippen molar-refractivity contribution in [2.75, 3.05) is 6.54 Å². The summed E-state index contributed by atoms with van der Waals surface area (Å²) in [5.41, 5.74) is 5.50. The molecule has 2 aromatic rings. The van der Waals surface area contributed by atoms with Crippen molar-refractivity contribution < 1.29 is 5.11 Å². The number of fused-ring (bicyclic) bond motifs is 2. The maximum atomic E-state index is 9.19. The maximum absolute atomic E-state index is 9.19. The second-order valence-electron chi connectivity index (χ2n) is 7.18. The molecule has 2 nitrogen and oxygen atoms in total. The van der Waals surface area contributed by atoms with Gasteiger partial charge in [-0.25, -0.2) is 0 Å². The number of aliphatic hydroxyl groups excluding tert-OH is 1. The Hall–Kier alpha value is -1.64. The van der Waals surface area contributed by atoms with Crippen LogP contribution in [0.5, 0.6) is 0 Å². The number of nitrogens with zero attached hydrogens (tertiary/aromatic N) is 1. The van der Waals surface area contributed by atoms with Gasteiger partial charge in [0.2, 0.25) is 0 Å². The third-order valence-corrected chi connectivity index (χ3v) is 5.59. The normalized spacial score (nSPS) is 24.0. The number of piperidine rings is 1. The van der Waals surface area contributed by atoms with Crippen LogP contribution in [0.4, 0.5) is 0 Å². The van der Waals surface area contributed by atoms with Crippen LogP contribution in [-0.2, 0) is 26.0 Å². The molecule has 2 atom stereocenters. The van der Waals surface area contributed by atoms with Crippen LogP contribution in [0.25, 0.3) is 0 Å². The van der Waals surface area contributed by atoms with Gasteiger partial charge in [0.25, 0.3) is 0 Å². The molecule has 2 aliphatic heterocycles. The lowest BCUT2D eigenvalue weighted by atomic mass is 9.80. The van der Waals surface area contributed by atoms with Crippen LogP contribution in [0, 0.1) is 5.92 Å². The fraction of sp³-hybridized carbons (Fsp3) is 0.429. The molecule has 2 aromatic carbocycles. The monoisotopic (exact) mass is 307 g/mol. The lowest BCUT2D eigenvalue weighted by molar-refractivity contribution is 0.0938. The molecular weight excluding hydrogens is 282 g/mol. The summed E-state index contributed by atoms with van der Waals surface area (Å²) in [6.07, 6.45) is 5.13. The standard InChI is InChI=1S/C21H25NO/c23-15-17-7-5-16(6-8-17)13-22-14-18-9-10-21(22)12-20-4-2-1-3-19(20)11-18/h1-8,18,21,23H,9-15H2. The minimum absolute atomic E-state index is 0.130. The molecule has 23 heavy (non-hydrogen) atoms. The smallest absolute Gasteiger partial charge is 0.0681 e. The number of hydrogen-bond acceptors (Lipinski definition) is 2. The van der Waals surface area contributed by atoms with Crippen LogP contribution in [0.3, 0.4) is 0 Å². The number of aliphatic hydroxyl groups is 1. The number of hydrogen-bond donors (Lipinski definition) is 1. The van der Waals surface area contributed by atoms with Crippen LogP contribution in [0.2, 0.25) is 0 Å². The molecule has 0 spiro atoms. The summed E-state index contributed by atoms with van der Waals surface area (Å²) in [4.78, 5) is 2.69. The van der Waals surface area contributed by atoms with Gasteiger partial charge in [-0.15, -0.1) is 0 Å². The van der Waals surface area contributed by atoms with Crippen molar-refractivity contribution >= 4 is 0 Å². The Morgan fingerprint density at radius 3 is 2.30 bits per heavy atom. The quantitative estimate of drug-likeness (QED) is 0.937. The lowest BCUT2D eigenvalue weighted by Crippen LogP contribution is -2.46. The molecule has 2 heterocycles. The van der Waals surface area contributed by atoms with Gasteiger partial charge < -0.3 is 5.11 Å². The second kappa shape index (κ2) is 6.46. The average Bonchev–Trinajstić information content (AvgIpc) is 2.56. The average molecular weight is 307 g/mol. The zero-order chi connectivity index (χ0) is 15.6. The molecule has 0 aromatic heterocycles. The Bertz CT molecular complexity index is 664. The van der Waals surface area contributed by atoms with Crippen LogP contribution in [-0.4, -0.2) is 22.6 Å². The van der Waals surface area contributed by atoms with Crippen molar-refractivity contribution in [3.05, 3.63) is 70.8 Å². The number of rotatable bonds is 3. The Morgan fingerprint density at radius 1 is 0.870 bits per heavy atom. The van der Waals surface area contributed by atoms with Crippen molar-refractivity contribution in [2.45, 2.75) is 44.9 Å². The van der Waals surface area contributed by atoms with Gasteiger partial charge >= 0.3 is 0 Å². The fourth-order valence-corrected chi connectivity index (χ4v) is 4.28. The zero-order valence-corrected chi connectivity index (χ0v) is 13.6. The van der Waals surface area contributed by atoms with Gasteiger partial charge in [0.1, 0.15) is 0 Å². The van der Waals surface area contributed by atoms with Crippen LogP contribution in [0.15, 0.2) is 48.5 Å². The van der Waals surface area contributed by atoms with E-state index in [0.29, 0.717) is 6.04 Å². The Labute approximate surface area is 138 Å². The lowest BCUT2D eigenvalue weighted by Gasteiger charge is -2.42. The fourth-order valence-electron chi connectivity index (χ4n) is 4.28. The summed E-state index contributed by atoms with van der Waals surface area (Å²) >= 11 is 0. The third-order valence-electron chi connectivity index (χ3n) is 5.59. The van der Waals surface area contributed by atoms with Crippen molar-refractivity contribution in [1.29, 1.82) is 0 Å². The van der Waals surface area contributed by atoms with Crippen LogP contribution < -0.4 is 0 Å². The van der Waals surface area contributed by atoms with E-state index in [1.165, 1.54) is 37.8 Å². The van der Waals surface area contributed by atoms with E-state index in [1.807, 2.05) is 12.1 Å². The highest BCUT2D eigenvalue weighted by Crippen LogP contribution is 2.33. The van der Waals surface area contributed by atoms with Gasteiger partial charge in [0, 0.05) is 19.1 Å². The molecule has 2 heteroatoms. The van der Waals surface area contributed by atoms with Crippen molar-refractivity contribution in [1.82, 2.24) is 4.90 Å². The minimum atomic E-state index is 0.130. The highest BCUT2D eigenvalue weighted by Gasteiger charge is 2.31. The second-order valence-corrected chi connectivity index (χ2v) is 7.18. The SMILES string of the molecule is OCc1ccc(CN2CC3CCC2Cc2ccccc2C3)cc1. The topological polar surface area (TPSA) is 23.5 Å². The Kier molecular flexibility index (Phi) is 4.19. The van der Waals surface area contributed by atoms with Gasteiger partial charge in [-0.2, -0.15) is 0 Å². The molecule has 1 saturated heterocycles. The highest BCUT2D eigenvalue weighted by atomic mass is 16.3. The highest BCUT2D eigenvalue weighted by molar-refractivity contribution is 5.30. The Balaban J connectivity index is 1.54. The molecule has 1 fully saturated rings. The van der Waals surface area contributed by atoms with Gasteiger partial charge in [-0.1, -0.05) is 48.5 Å². The summed E-state index contributed by atoms with van der Waals surface area (Å²) < 4.78 is 0. The van der Waals surface area contributed by atoms with Gasteiger partial charge in [0.15, 0.2) is 0 Å². The van der Waals surface area contributed by atoms with Crippen LogP contribution >= 0.6 is 0 Å². The summed E-state index contributed by atoms with van der Waals surface area (Å²) in [7, 11) is 0. The van der Waals surface area contributed by atoms with Gasteiger partial charge in [0.05, 0.1) is 6.61 Å².